The first-order valence-electron chi connectivity index (χ1n) is 9.65. The SMILES string of the molecule is CCNC(=NCC(c1ccccc1)N1CCCC1)NCCn1cccn1.I. The number of hydrogen-bond acceptors (Lipinski definition) is 3. The first-order valence-corrected chi connectivity index (χ1v) is 9.65. The first kappa shape index (κ1) is 21.7. The minimum Gasteiger partial charge on any atom is -0.357 e. The molecule has 148 valence electrons. The summed E-state index contributed by atoms with van der Waals surface area (Å²) >= 11 is 0. The molecule has 1 unspecified atom stereocenters. The molecule has 6 nitrogen and oxygen atoms in total. The maximum Gasteiger partial charge on any atom is 0.191 e. The van der Waals surface area contributed by atoms with Crippen molar-refractivity contribution >= 4 is 29.9 Å². The highest BCUT2D eigenvalue weighted by atomic mass is 127. The molecule has 1 aromatic carbocycles. The summed E-state index contributed by atoms with van der Waals surface area (Å²) in [5, 5.41) is 11.0. The van der Waals surface area contributed by atoms with Crippen molar-refractivity contribution in [2.45, 2.75) is 32.4 Å². The Labute approximate surface area is 179 Å². The Morgan fingerprint density at radius 3 is 2.59 bits per heavy atom. The van der Waals surface area contributed by atoms with Crippen LogP contribution < -0.4 is 10.6 Å². The van der Waals surface area contributed by atoms with E-state index in [-0.39, 0.29) is 24.0 Å². The Kier molecular flexibility index (Phi) is 9.61. The standard InChI is InChI=1S/C20H30N6.HI/c1-2-21-20(22-12-16-26-15-8-11-24-26)23-17-19(25-13-6-7-14-25)18-9-4-3-5-10-18;/h3-5,8-11,15,19H,2,6-7,12-14,16-17H2,1H3,(H2,21,22,23);1H. The number of likely N-dealkylation sites (tertiary alicyclic amines) is 1. The third-order valence-electron chi connectivity index (χ3n) is 4.72. The molecule has 3 rings (SSSR count). The van der Waals surface area contributed by atoms with Gasteiger partial charge in [-0.25, -0.2) is 0 Å². The van der Waals surface area contributed by atoms with Crippen LogP contribution in [-0.4, -0.2) is 53.4 Å². The van der Waals surface area contributed by atoms with E-state index in [1.165, 1.54) is 31.5 Å². The molecular weight excluding hydrogens is 451 g/mol. The van der Waals surface area contributed by atoms with Crippen molar-refractivity contribution in [2.75, 3.05) is 32.7 Å². The van der Waals surface area contributed by atoms with Gasteiger partial charge in [-0.1, -0.05) is 30.3 Å². The number of benzene rings is 1. The highest BCUT2D eigenvalue weighted by molar-refractivity contribution is 14.0. The van der Waals surface area contributed by atoms with Crippen molar-refractivity contribution in [3.05, 3.63) is 54.4 Å². The van der Waals surface area contributed by atoms with E-state index in [2.05, 4.69) is 57.9 Å². The molecule has 0 spiro atoms. The molecule has 0 bridgehead atoms. The van der Waals surface area contributed by atoms with Crippen LogP contribution in [0.4, 0.5) is 0 Å². The summed E-state index contributed by atoms with van der Waals surface area (Å²) in [6, 6.07) is 13.0. The van der Waals surface area contributed by atoms with Gasteiger partial charge in [-0.2, -0.15) is 5.10 Å². The fourth-order valence-corrected chi connectivity index (χ4v) is 3.40. The normalized spacial score (nSPS) is 16.0. The van der Waals surface area contributed by atoms with Gasteiger partial charge in [-0.05, 0) is 44.5 Å². The Morgan fingerprint density at radius 1 is 1.15 bits per heavy atom. The number of halogens is 1. The van der Waals surface area contributed by atoms with Gasteiger partial charge in [0, 0.05) is 25.5 Å². The van der Waals surface area contributed by atoms with Crippen LogP contribution in [0.15, 0.2) is 53.8 Å². The lowest BCUT2D eigenvalue weighted by molar-refractivity contribution is 0.251. The third-order valence-corrected chi connectivity index (χ3v) is 4.72. The van der Waals surface area contributed by atoms with E-state index in [1.807, 2.05) is 16.9 Å². The van der Waals surface area contributed by atoms with Gasteiger partial charge in [0.25, 0.3) is 0 Å². The van der Waals surface area contributed by atoms with E-state index in [4.69, 9.17) is 4.99 Å². The predicted molar refractivity (Wildman–Crippen MR) is 122 cm³/mol. The fourth-order valence-electron chi connectivity index (χ4n) is 3.40. The lowest BCUT2D eigenvalue weighted by atomic mass is 10.1. The second-order valence-corrected chi connectivity index (χ2v) is 6.59. The van der Waals surface area contributed by atoms with Gasteiger partial charge >= 0.3 is 0 Å². The molecule has 7 heteroatoms. The Hall–Kier alpha value is -1.61. The molecule has 1 aromatic heterocycles. The molecule has 2 aromatic rings. The summed E-state index contributed by atoms with van der Waals surface area (Å²) in [5.74, 6) is 0.875. The maximum absolute atomic E-state index is 4.88. The molecule has 1 saturated heterocycles. The molecular formula is C20H31IN6. The number of nitrogens with one attached hydrogen (secondary N) is 2. The number of rotatable bonds is 8. The lowest BCUT2D eigenvalue weighted by Gasteiger charge is -2.27. The van der Waals surface area contributed by atoms with Gasteiger partial charge < -0.3 is 10.6 Å². The zero-order chi connectivity index (χ0) is 18.0. The number of aromatic nitrogens is 2. The van der Waals surface area contributed by atoms with Gasteiger partial charge in [0.2, 0.25) is 0 Å². The number of aliphatic imine (C=N–C) groups is 1. The van der Waals surface area contributed by atoms with E-state index in [0.717, 1.165) is 32.1 Å². The quantitative estimate of drug-likeness (QED) is 0.345. The van der Waals surface area contributed by atoms with Gasteiger partial charge in [0.15, 0.2) is 5.96 Å². The molecule has 27 heavy (non-hydrogen) atoms. The van der Waals surface area contributed by atoms with Crippen molar-refractivity contribution in [3.63, 3.8) is 0 Å². The Balaban J connectivity index is 0.00000261. The highest BCUT2D eigenvalue weighted by Gasteiger charge is 2.23. The number of nitrogens with zero attached hydrogens (tertiary/aromatic N) is 4. The van der Waals surface area contributed by atoms with Crippen molar-refractivity contribution in [2.24, 2.45) is 4.99 Å². The minimum absolute atomic E-state index is 0. The topological polar surface area (TPSA) is 57.5 Å². The average Bonchev–Trinajstić information content (AvgIpc) is 3.37. The van der Waals surface area contributed by atoms with Crippen molar-refractivity contribution in [3.8, 4) is 0 Å². The van der Waals surface area contributed by atoms with Gasteiger partial charge in [0.05, 0.1) is 19.1 Å². The molecule has 0 amide bonds. The van der Waals surface area contributed by atoms with Crippen molar-refractivity contribution in [1.82, 2.24) is 25.3 Å². The maximum atomic E-state index is 4.88. The predicted octanol–water partition coefficient (Wildman–Crippen LogP) is 2.89. The summed E-state index contributed by atoms with van der Waals surface area (Å²) in [6.07, 6.45) is 6.36. The lowest BCUT2D eigenvalue weighted by Crippen LogP contribution is -2.39. The number of guanidine groups is 1. The average molecular weight is 482 g/mol. The summed E-state index contributed by atoms with van der Waals surface area (Å²) in [4.78, 5) is 7.44. The van der Waals surface area contributed by atoms with Crippen molar-refractivity contribution < 1.29 is 0 Å². The van der Waals surface area contributed by atoms with E-state index >= 15 is 0 Å². The van der Waals surface area contributed by atoms with E-state index in [1.54, 1.807) is 6.20 Å². The molecule has 0 radical (unpaired) electrons. The first-order chi connectivity index (χ1) is 12.9. The third kappa shape index (κ3) is 6.80. The van der Waals surface area contributed by atoms with Crippen LogP contribution >= 0.6 is 24.0 Å². The van der Waals surface area contributed by atoms with Crippen LogP contribution in [0.1, 0.15) is 31.4 Å². The van der Waals surface area contributed by atoms with E-state index < -0.39 is 0 Å². The molecule has 1 atom stereocenters. The van der Waals surface area contributed by atoms with Crippen LogP contribution in [0.25, 0.3) is 0 Å². The second kappa shape index (κ2) is 12.0. The summed E-state index contributed by atoms with van der Waals surface area (Å²) in [6.45, 7) is 7.67. The molecule has 2 N–H and O–H groups in total. The second-order valence-electron chi connectivity index (χ2n) is 6.59. The molecule has 1 aliphatic rings. The molecule has 1 aliphatic heterocycles. The van der Waals surface area contributed by atoms with Gasteiger partial charge in [0.1, 0.15) is 0 Å². The highest BCUT2D eigenvalue weighted by Crippen LogP contribution is 2.25. The summed E-state index contributed by atoms with van der Waals surface area (Å²) in [5.41, 5.74) is 1.35. The summed E-state index contributed by atoms with van der Waals surface area (Å²) in [7, 11) is 0. The minimum atomic E-state index is 0. The van der Waals surface area contributed by atoms with E-state index in [0.29, 0.717) is 6.04 Å². The number of hydrogen-bond donors (Lipinski definition) is 2. The zero-order valence-corrected chi connectivity index (χ0v) is 18.4. The fraction of sp³-hybridized carbons (Fsp3) is 0.500. The van der Waals surface area contributed by atoms with Crippen molar-refractivity contribution in [1.29, 1.82) is 0 Å². The van der Waals surface area contributed by atoms with Gasteiger partial charge in [-0.3, -0.25) is 14.6 Å². The molecule has 0 aliphatic carbocycles. The summed E-state index contributed by atoms with van der Waals surface area (Å²) < 4.78 is 1.92. The molecule has 0 saturated carbocycles. The van der Waals surface area contributed by atoms with Crippen LogP contribution in [0, 0.1) is 0 Å². The van der Waals surface area contributed by atoms with Crippen LogP contribution in [0.3, 0.4) is 0 Å². The largest absolute Gasteiger partial charge is 0.357 e. The molecule has 2 heterocycles. The smallest absolute Gasteiger partial charge is 0.191 e. The van der Waals surface area contributed by atoms with Crippen LogP contribution in [0.2, 0.25) is 0 Å². The monoisotopic (exact) mass is 482 g/mol. The van der Waals surface area contributed by atoms with Gasteiger partial charge in [-0.15, -0.1) is 24.0 Å². The van der Waals surface area contributed by atoms with Crippen LogP contribution in [-0.2, 0) is 6.54 Å². The Morgan fingerprint density at radius 2 is 1.93 bits per heavy atom. The van der Waals surface area contributed by atoms with E-state index in [9.17, 15) is 0 Å². The zero-order valence-electron chi connectivity index (χ0n) is 16.1. The van der Waals surface area contributed by atoms with Crippen LogP contribution in [0.5, 0.6) is 0 Å². The molecule has 1 fully saturated rings. The Bertz CT molecular complexity index is 652.